The van der Waals surface area contributed by atoms with Crippen molar-refractivity contribution >= 4 is 50.8 Å². The summed E-state index contributed by atoms with van der Waals surface area (Å²) in [6.07, 6.45) is 0. The van der Waals surface area contributed by atoms with E-state index in [4.69, 9.17) is 21.4 Å². The van der Waals surface area contributed by atoms with E-state index in [1.165, 1.54) is 7.11 Å². The topological polar surface area (TPSA) is 71.0 Å². The van der Waals surface area contributed by atoms with Gasteiger partial charge in [0.2, 0.25) is 5.91 Å². The van der Waals surface area contributed by atoms with Crippen molar-refractivity contribution in [2.75, 3.05) is 25.5 Å². The molecule has 0 bridgehead atoms. The summed E-state index contributed by atoms with van der Waals surface area (Å²) in [6, 6.07) is 23.8. The van der Waals surface area contributed by atoms with Crippen molar-refractivity contribution in [3.05, 3.63) is 99.5 Å². The van der Waals surface area contributed by atoms with Crippen molar-refractivity contribution in [1.82, 2.24) is 5.01 Å². The van der Waals surface area contributed by atoms with Gasteiger partial charge in [-0.25, -0.2) is 0 Å². The second kappa shape index (κ2) is 9.77. The Morgan fingerprint density at radius 1 is 1.06 bits per heavy atom. The molecule has 0 aromatic heterocycles. The van der Waals surface area contributed by atoms with Gasteiger partial charge in [0, 0.05) is 15.2 Å². The highest BCUT2D eigenvalue weighted by Gasteiger charge is 2.52. The van der Waals surface area contributed by atoms with Crippen LogP contribution in [-0.4, -0.2) is 42.8 Å². The van der Waals surface area contributed by atoms with Gasteiger partial charge in [-0.05, 0) is 47.5 Å². The largest absolute Gasteiger partial charge is 0.468 e. The molecule has 1 atom stereocenters. The van der Waals surface area contributed by atoms with Crippen molar-refractivity contribution in [2.24, 2.45) is 5.10 Å². The molecule has 1 unspecified atom stereocenters. The molecule has 1 aliphatic rings. The highest BCUT2D eigenvalue weighted by Crippen LogP contribution is 2.37. The van der Waals surface area contributed by atoms with Crippen LogP contribution >= 0.6 is 27.5 Å². The van der Waals surface area contributed by atoms with Crippen LogP contribution in [0.25, 0.3) is 0 Å². The molecule has 1 heterocycles. The molecule has 0 spiro atoms. The van der Waals surface area contributed by atoms with E-state index in [0.717, 1.165) is 15.6 Å². The third-order valence-electron chi connectivity index (χ3n) is 5.44. The molecule has 3 aromatic carbocycles. The first-order valence-corrected chi connectivity index (χ1v) is 11.4. The summed E-state index contributed by atoms with van der Waals surface area (Å²) in [6.45, 7) is 0.133. The quantitative estimate of drug-likeness (QED) is 0.465. The lowest BCUT2D eigenvalue weighted by Gasteiger charge is -2.29. The lowest BCUT2D eigenvalue weighted by Crippen LogP contribution is -2.47. The number of nitrogens with one attached hydrogen (secondary N) is 1. The van der Waals surface area contributed by atoms with Crippen LogP contribution in [0.3, 0.4) is 0 Å². The summed E-state index contributed by atoms with van der Waals surface area (Å²) in [7, 11) is 1.36. The van der Waals surface area contributed by atoms with E-state index in [2.05, 4.69) is 21.2 Å². The zero-order chi connectivity index (χ0) is 23.4. The number of carbonyl (C=O) groups is 2. The molecule has 8 heteroatoms. The van der Waals surface area contributed by atoms with Crippen LogP contribution in [0, 0.1) is 0 Å². The Labute approximate surface area is 205 Å². The molecule has 6 nitrogen and oxygen atoms in total. The Morgan fingerprint density at radius 3 is 2.36 bits per heavy atom. The van der Waals surface area contributed by atoms with Crippen LogP contribution < -0.4 is 5.32 Å². The van der Waals surface area contributed by atoms with Crippen LogP contribution in [-0.2, 0) is 19.7 Å². The van der Waals surface area contributed by atoms with Gasteiger partial charge < -0.3 is 10.1 Å². The normalized spacial score (nSPS) is 17.4. The number of hydrogen-bond donors (Lipinski definition) is 1. The van der Waals surface area contributed by atoms with Gasteiger partial charge in [0.25, 0.3) is 0 Å². The number of methoxy groups -OCH3 is 1. The van der Waals surface area contributed by atoms with Crippen molar-refractivity contribution in [3.8, 4) is 0 Å². The maximum atomic E-state index is 13.3. The molecule has 1 aliphatic heterocycles. The van der Waals surface area contributed by atoms with E-state index in [0.29, 0.717) is 16.4 Å². The molecule has 3 aromatic rings. The first kappa shape index (κ1) is 23.0. The fraction of sp³-hybridized carbons (Fsp3) is 0.160. The average Bonchev–Trinajstić information content (AvgIpc) is 3.21. The molecule has 168 valence electrons. The minimum atomic E-state index is -1.19. The SMILES string of the molecule is COC(=O)C1(c2ccccc2)CN(CC(=O)Nc2ccc(Br)cc2)N=C1c1ccc(Cl)cc1. The van der Waals surface area contributed by atoms with E-state index in [1.54, 1.807) is 29.3 Å². The van der Waals surface area contributed by atoms with Crippen molar-refractivity contribution in [1.29, 1.82) is 0 Å². The maximum Gasteiger partial charge on any atom is 0.324 e. The summed E-state index contributed by atoms with van der Waals surface area (Å²) in [5.74, 6) is -0.691. The molecule has 33 heavy (non-hydrogen) atoms. The predicted octanol–water partition coefficient (Wildman–Crippen LogP) is 4.87. The highest BCUT2D eigenvalue weighted by molar-refractivity contribution is 9.10. The van der Waals surface area contributed by atoms with Crippen LogP contribution in [0.2, 0.25) is 5.02 Å². The molecule has 0 radical (unpaired) electrons. The van der Waals surface area contributed by atoms with Crippen LogP contribution in [0.15, 0.2) is 88.4 Å². The Bertz CT molecular complexity index is 1180. The van der Waals surface area contributed by atoms with E-state index in [1.807, 2.05) is 54.6 Å². The number of hydrazone groups is 1. The molecule has 0 saturated heterocycles. The van der Waals surface area contributed by atoms with Crippen molar-refractivity contribution < 1.29 is 14.3 Å². The van der Waals surface area contributed by atoms with Gasteiger partial charge in [-0.15, -0.1) is 0 Å². The first-order valence-electron chi connectivity index (χ1n) is 10.2. The van der Waals surface area contributed by atoms with Gasteiger partial charge in [0.05, 0.1) is 19.4 Å². The standard InChI is InChI=1S/C25H21BrClN3O3/c1-33-24(32)25(18-5-3-2-4-6-18)16-30(29-23(25)17-7-11-20(27)12-8-17)15-22(31)28-21-13-9-19(26)10-14-21/h2-14H,15-16H2,1H3,(H,28,31). The average molecular weight is 527 g/mol. The van der Waals surface area contributed by atoms with E-state index < -0.39 is 11.4 Å². The zero-order valence-electron chi connectivity index (χ0n) is 17.8. The van der Waals surface area contributed by atoms with Gasteiger partial charge in [-0.3, -0.25) is 14.6 Å². The molecular formula is C25H21BrClN3O3. The number of esters is 1. The Morgan fingerprint density at radius 2 is 1.73 bits per heavy atom. The third kappa shape index (κ3) is 4.79. The Balaban J connectivity index is 1.70. The number of amides is 1. The van der Waals surface area contributed by atoms with Gasteiger partial charge in [0.1, 0.15) is 6.54 Å². The number of hydrogen-bond acceptors (Lipinski definition) is 5. The smallest absolute Gasteiger partial charge is 0.324 e. The lowest BCUT2D eigenvalue weighted by atomic mass is 9.74. The minimum absolute atomic E-state index is 0.0290. The summed E-state index contributed by atoms with van der Waals surface area (Å²) in [5, 5.41) is 9.76. The van der Waals surface area contributed by atoms with Crippen LogP contribution in [0.4, 0.5) is 5.69 Å². The number of carbonyl (C=O) groups excluding carboxylic acids is 2. The number of halogens is 2. The Hall–Kier alpha value is -3.16. The number of benzene rings is 3. The Kier molecular flexibility index (Phi) is 6.81. The third-order valence-corrected chi connectivity index (χ3v) is 6.22. The maximum absolute atomic E-state index is 13.3. The van der Waals surface area contributed by atoms with Gasteiger partial charge >= 0.3 is 5.97 Å². The zero-order valence-corrected chi connectivity index (χ0v) is 20.1. The molecule has 0 fully saturated rings. The molecule has 4 rings (SSSR count). The second-order valence-electron chi connectivity index (χ2n) is 7.60. The van der Waals surface area contributed by atoms with Crippen LogP contribution in [0.1, 0.15) is 11.1 Å². The van der Waals surface area contributed by atoms with E-state index in [-0.39, 0.29) is 19.0 Å². The fourth-order valence-electron chi connectivity index (χ4n) is 3.92. The summed E-state index contributed by atoms with van der Waals surface area (Å²) in [5.41, 5.74) is 1.45. The van der Waals surface area contributed by atoms with E-state index in [9.17, 15) is 9.59 Å². The number of anilines is 1. The molecule has 0 aliphatic carbocycles. The highest BCUT2D eigenvalue weighted by atomic mass is 79.9. The number of ether oxygens (including phenoxy) is 1. The fourth-order valence-corrected chi connectivity index (χ4v) is 4.31. The van der Waals surface area contributed by atoms with E-state index >= 15 is 0 Å². The van der Waals surface area contributed by atoms with Crippen molar-refractivity contribution in [3.63, 3.8) is 0 Å². The molecular weight excluding hydrogens is 506 g/mol. The summed E-state index contributed by atoms with van der Waals surface area (Å²) >= 11 is 9.46. The molecule has 1 amide bonds. The van der Waals surface area contributed by atoms with Gasteiger partial charge in [-0.1, -0.05) is 70.0 Å². The van der Waals surface area contributed by atoms with Gasteiger partial charge in [0.15, 0.2) is 5.41 Å². The first-order chi connectivity index (χ1) is 15.9. The number of nitrogens with zero attached hydrogens (tertiary/aromatic N) is 2. The molecule has 0 saturated carbocycles. The minimum Gasteiger partial charge on any atom is -0.468 e. The van der Waals surface area contributed by atoms with Crippen LogP contribution in [0.5, 0.6) is 0 Å². The summed E-state index contributed by atoms with van der Waals surface area (Å²) < 4.78 is 6.17. The number of rotatable bonds is 6. The molecule has 1 N–H and O–H groups in total. The van der Waals surface area contributed by atoms with Crippen molar-refractivity contribution in [2.45, 2.75) is 5.41 Å². The summed E-state index contributed by atoms with van der Waals surface area (Å²) in [4.78, 5) is 26.0. The predicted molar refractivity (Wildman–Crippen MR) is 132 cm³/mol. The monoisotopic (exact) mass is 525 g/mol. The second-order valence-corrected chi connectivity index (χ2v) is 8.95. The van der Waals surface area contributed by atoms with Gasteiger partial charge in [-0.2, -0.15) is 5.10 Å². The lowest BCUT2D eigenvalue weighted by molar-refractivity contribution is -0.145.